The van der Waals surface area contributed by atoms with Gasteiger partial charge < -0.3 is 10.6 Å². The molecule has 4 rings (SSSR count). The summed E-state index contributed by atoms with van der Waals surface area (Å²) in [5.74, 6) is -0.0600. The summed E-state index contributed by atoms with van der Waals surface area (Å²) in [6.45, 7) is 3.31. The number of piperidine rings is 1. The Labute approximate surface area is 192 Å². The lowest BCUT2D eigenvalue weighted by Gasteiger charge is -2.24. The summed E-state index contributed by atoms with van der Waals surface area (Å²) in [6.07, 6.45) is 3.48. The highest BCUT2D eigenvalue weighted by Gasteiger charge is 2.27. The minimum absolute atomic E-state index is 0. The Bertz CT molecular complexity index is 1070. The smallest absolute Gasteiger partial charge is 0.259 e. The molecule has 2 heterocycles. The van der Waals surface area contributed by atoms with Crippen molar-refractivity contribution in [2.45, 2.75) is 25.7 Å². The average Bonchev–Trinajstić information content (AvgIpc) is 3.20. The summed E-state index contributed by atoms with van der Waals surface area (Å²) in [4.78, 5) is 24.8. The first-order valence-corrected chi connectivity index (χ1v) is 10.4. The van der Waals surface area contributed by atoms with E-state index in [0.29, 0.717) is 21.8 Å². The first-order valence-electron chi connectivity index (χ1n) is 10.00. The van der Waals surface area contributed by atoms with Gasteiger partial charge in [-0.15, -0.1) is 12.4 Å². The molecule has 0 saturated carbocycles. The molecule has 0 unspecified atom stereocenters. The zero-order valence-corrected chi connectivity index (χ0v) is 18.7. The number of hydrogen-bond donors (Lipinski definition) is 2. The molecule has 1 saturated heterocycles. The molecule has 162 valence electrons. The topological polar surface area (TPSA) is 76.0 Å². The second-order valence-corrected chi connectivity index (χ2v) is 7.88. The van der Waals surface area contributed by atoms with Crippen molar-refractivity contribution in [2.24, 2.45) is 0 Å². The molecule has 0 aliphatic carbocycles. The Morgan fingerprint density at radius 2 is 1.84 bits per heavy atom. The Kier molecular flexibility index (Phi) is 7.49. The van der Waals surface area contributed by atoms with Crippen LogP contribution in [0.3, 0.4) is 0 Å². The number of nitrogens with one attached hydrogen (secondary N) is 2. The summed E-state index contributed by atoms with van der Waals surface area (Å²) < 4.78 is 1.84. The predicted molar refractivity (Wildman–Crippen MR) is 125 cm³/mol. The fraction of sp³-hybridized carbons (Fsp3) is 0.261. The van der Waals surface area contributed by atoms with Crippen LogP contribution in [0, 0.1) is 0 Å². The van der Waals surface area contributed by atoms with E-state index in [1.165, 1.54) is 6.92 Å². The molecule has 3 aromatic rings. The van der Waals surface area contributed by atoms with Crippen LogP contribution >= 0.6 is 24.0 Å². The van der Waals surface area contributed by atoms with Gasteiger partial charge in [0.05, 0.1) is 23.1 Å². The van der Waals surface area contributed by atoms with Gasteiger partial charge in [0.25, 0.3) is 5.91 Å². The number of anilines is 1. The summed E-state index contributed by atoms with van der Waals surface area (Å²) in [6, 6.07) is 14.4. The van der Waals surface area contributed by atoms with Crippen molar-refractivity contribution in [3.63, 3.8) is 0 Å². The minimum atomic E-state index is -0.232. The van der Waals surface area contributed by atoms with Crippen molar-refractivity contribution in [2.75, 3.05) is 18.4 Å². The zero-order valence-electron chi connectivity index (χ0n) is 17.1. The molecule has 1 amide bonds. The highest BCUT2D eigenvalue weighted by molar-refractivity contribution is 6.30. The highest BCUT2D eigenvalue weighted by atomic mass is 35.5. The number of hydrogen-bond acceptors (Lipinski definition) is 4. The minimum Gasteiger partial charge on any atom is -0.322 e. The lowest BCUT2D eigenvalue weighted by Crippen LogP contribution is -2.29. The molecule has 0 bridgehead atoms. The number of benzene rings is 2. The van der Waals surface area contributed by atoms with Gasteiger partial charge in [-0.1, -0.05) is 23.7 Å². The standard InChI is InChI=1S/C23H23ClN4O2.ClH/c1-15(29)17-3-2-4-19(13-17)27-23(30)21-14-26-28(20-7-5-18(24)6-8-20)22(21)16-9-11-25-12-10-16;/h2-8,13-14,16,25H,9-12H2,1H3,(H,27,30);1H. The van der Waals surface area contributed by atoms with Gasteiger partial charge in [0.15, 0.2) is 5.78 Å². The highest BCUT2D eigenvalue weighted by Crippen LogP contribution is 2.31. The van der Waals surface area contributed by atoms with Crippen molar-refractivity contribution >= 4 is 41.4 Å². The molecule has 6 nitrogen and oxygen atoms in total. The maximum atomic E-state index is 13.2. The third-order valence-corrected chi connectivity index (χ3v) is 5.63. The number of aromatic nitrogens is 2. The van der Waals surface area contributed by atoms with E-state index in [0.717, 1.165) is 37.3 Å². The quantitative estimate of drug-likeness (QED) is 0.534. The van der Waals surface area contributed by atoms with Crippen LogP contribution in [0.5, 0.6) is 0 Å². The molecule has 1 aliphatic heterocycles. The van der Waals surface area contributed by atoms with E-state index >= 15 is 0 Å². The lowest BCUT2D eigenvalue weighted by atomic mass is 9.91. The Morgan fingerprint density at radius 1 is 1.13 bits per heavy atom. The number of Topliss-reactive ketones (excluding diaryl/α,β-unsaturated/α-hetero) is 1. The van der Waals surface area contributed by atoms with Gasteiger partial charge in [-0.25, -0.2) is 4.68 Å². The van der Waals surface area contributed by atoms with Crippen LogP contribution in [0.1, 0.15) is 52.1 Å². The van der Waals surface area contributed by atoms with E-state index in [4.69, 9.17) is 11.6 Å². The number of halogens is 2. The molecule has 31 heavy (non-hydrogen) atoms. The largest absolute Gasteiger partial charge is 0.322 e. The van der Waals surface area contributed by atoms with Gasteiger partial charge in [0, 0.05) is 22.2 Å². The van der Waals surface area contributed by atoms with Crippen LogP contribution in [0.2, 0.25) is 5.02 Å². The SMILES string of the molecule is CC(=O)c1cccc(NC(=O)c2cnn(-c3ccc(Cl)cc3)c2C2CCNCC2)c1.Cl. The number of nitrogens with zero attached hydrogens (tertiary/aromatic N) is 2. The summed E-state index contributed by atoms with van der Waals surface area (Å²) in [5, 5.41) is 11.5. The van der Waals surface area contributed by atoms with Crippen LogP contribution in [-0.2, 0) is 0 Å². The molecule has 0 spiro atoms. The predicted octanol–water partition coefficient (Wildman–Crippen LogP) is 4.87. The fourth-order valence-corrected chi connectivity index (χ4v) is 3.95. The number of carbonyl (C=O) groups excluding carboxylic acids is 2. The van der Waals surface area contributed by atoms with E-state index in [9.17, 15) is 9.59 Å². The molecule has 0 atom stereocenters. The molecule has 0 radical (unpaired) electrons. The van der Waals surface area contributed by atoms with Crippen LogP contribution in [0.4, 0.5) is 5.69 Å². The number of carbonyl (C=O) groups is 2. The Hall–Kier alpha value is -2.67. The molecule has 1 aliphatic rings. The molecule has 8 heteroatoms. The van der Waals surface area contributed by atoms with Crippen LogP contribution in [0.15, 0.2) is 54.7 Å². The first kappa shape index (κ1) is 23.0. The van der Waals surface area contributed by atoms with Crippen molar-refractivity contribution in [3.05, 3.63) is 76.6 Å². The first-order chi connectivity index (χ1) is 14.5. The van der Waals surface area contributed by atoms with Crippen molar-refractivity contribution in [1.82, 2.24) is 15.1 Å². The summed E-state index contributed by atoms with van der Waals surface area (Å²) in [7, 11) is 0. The van der Waals surface area contributed by atoms with Crippen molar-refractivity contribution in [3.8, 4) is 5.69 Å². The van der Waals surface area contributed by atoms with Crippen LogP contribution in [-0.4, -0.2) is 34.6 Å². The molecule has 2 N–H and O–H groups in total. The molecular formula is C23H24Cl2N4O2. The van der Waals surface area contributed by atoms with Gasteiger partial charge in [-0.05, 0) is 69.3 Å². The van der Waals surface area contributed by atoms with Gasteiger partial charge in [-0.3, -0.25) is 9.59 Å². The normalized spacial score (nSPS) is 14.0. The summed E-state index contributed by atoms with van der Waals surface area (Å²) in [5.41, 5.74) is 3.46. The summed E-state index contributed by atoms with van der Waals surface area (Å²) >= 11 is 6.04. The van der Waals surface area contributed by atoms with Crippen LogP contribution in [0.25, 0.3) is 5.69 Å². The van der Waals surface area contributed by atoms with Gasteiger partial charge in [0.2, 0.25) is 0 Å². The van der Waals surface area contributed by atoms with Crippen molar-refractivity contribution < 1.29 is 9.59 Å². The van der Waals surface area contributed by atoms with Crippen LogP contribution < -0.4 is 10.6 Å². The average molecular weight is 459 g/mol. The molecule has 1 fully saturated rings. The number of rotatable bonds is 5. The van der Waals surface area contributed by atoms with E-state index in [2.05, 4.69) is 15.7 Å². The van der Waals surface area contributed by atoms with E-state index in [1.54, 1.807) is 30.5 Å². The fourth-order valence-electron chi connectivity index (χ4n) is 3.82. The van der Waals surface area contributed by atoms with Crippen molar-refractivity contribution in [1.29, 1.82) is 0 Å². The van der Waals surface area contributed by atoms with E-state index < -0.39 is 0 Å². The Balaban J connectivity index is 0.00000272. The second kappa shape index (κ2) is 10.1. The number of amides is 1. The monoisotopic (exact) mass is 458 g/mol. The van der Waals surface area contributed by atoms with E-state index in [1.807, 2.05) is 28.9 Å². The third kappa shape index (κ3) is 5.15. The maximum Gasteiger partial charge on any atom is 0.259 e. The zero-order chi connectivity index (χ0) is 21.1. The second-order valence-electron chi connectivity index (χ2n) is 7.45. The van der Waals surface area contributed by atoms with E-state index in [-0.39, 0.29) is 30.0 Å². The maximum absolute atomic E-state index is 13.2. The molecule has 2 aromatic carbocycles. The van der Waals surface area contributed by atoms with Gasteiger partial charge in [0.1, 0.15) is 0 Å². The third-order valence-electron chi connectivity index (χ3n) is 5.38. The number of ketones is 1. The van der Waals surface area contributed by atoms with Gasteiger partial charge >= 0.3 is 0 Å². The lowest BCUT2D eigenvalue weighted by molar-refractivity contribution is 0.101. The Morgan fingerprint density at radius 3 is 2.52 bits per heavy atom. The van der Waals surface area contributed by atoms with Gasteiger partial charge in [-0.2, -0.15) is 5.10 Å². The molecule has 1 aromatic heterocycles. The molecular weight excluding hydrogens is 435 g/mol.